The molecule has 339 valence electrons. The summed E-state index contributed by atoms with van der Waals surface area (Å²) in [6.45, 7) is 9.12. The second-order valence-corrected chi connectivity index (χ2v) is 29.4. The van der Waals surface area contributed by atoms with Gasteiger partial charge >= 0.3 is 144 Å². The first kappa shape index (κ1) is 44.1. The predicted octanol–water partition coefficient (Wildman–Crippen LogP) is 15.5. The van der Waals surface area contributed by atoms with Crippen molar-refractivity contribution in [2.45, 2.75) is 63.2 Å². The number of fused-ring (bicyclic) bond motifs is 6. The van der Waals surface area contributed by atoms with Crippen molar-refractivity contribution in [2.75, 3.05) is 0 Å². The third-order valence-electron chi connectivity index (χ3n) is 12.4. The summed E-state index contributed by atoms with van der Waals surface area (Å²) in [6.07, 6.45) is 2.24. The molecule has 7 aromatic carbocycles. The zero-order chi connectivity index (χ0) is 48.0. The second kappa shape index (κ2) is 19.7. The molecule has 11 rings (SSSR count). The number of aromatic nitrogens is 4. The van der Waals surface area contributed by atoms with Crippen LogP contribution in [0.1, 0.15) is 64.5 Å². The van der Waals surface area contributed by atoms with Crippen molar-refractivity contribution in [3.8, 4) is 39.5 Å². The van der Waals surface area contributed by atoms with Gasteiger partial charge in [0.05, 0.1) is 34.2 Å². The number of hydrogen-bond acceptors (Lipinski definition) is 4. The van der Waals surface area contributed by atoms with Crippen molar-refractivity contribution >= 4 is 61.5 Å². The number of imidazole rings is 1. The maximum absolute atomic E-state index is 8.85. The molecule has 1 radical (unpaired) electrons. The van der Waals surface area contributed by atoms with E-state index in [9.17, 15) is 0 Å². The molecular formula is C61H54GeIrN4O-2. The molecule has 0 amide bonds. The summed E-state index contributed by atoms with van der Waals surface area (Å²) in [5.41, 5.74) is 14.6. The fraction of sp³-hybridized carbons (Fsp3) is 0.164. The topological polar surface area (TPSA) is 56.7 Å². The standard InChI is InChI=1S/C40H32N3O.C21H22GeN.Ir/c1-24(2)32-21-27(26-13-6-5-7-14-26)22-33(25(3)4)37(32)43-38-30-16-8-10-19-34(30)41-23-35(38)42-40(43)31-18-12-17-29-28-15-9-11-20-36(28)44-39(29)31;1-22(2,3)20-16-23-21(18-12-8-5-9-13-18)15-19(20)14-17-10-6-4-7-11-17;/h5-17,19-25H,1-4H3;4-12,15-16H,14H2,1-3H3;/q2*-1;/i;14D2;. The Morgan fingerprint density at radius 1 is 0.632 bits per heavy atom. The van der Waals surface area contributed by atoms with Crippen LogP contribution in [0.3, 0.4) is 0 Å². The van der Waals surface area contributed by atoms with Crippen LogP contribution in [0, 0.1) is 12.1 Å². The molecule has 68 heavy (non-hydrogen) atoms. The fourth-order valence-electron chi connectivity index (χ4n) is 9.09. The largest absolute Gasteiger partial charge is 0 e. The van der Waals surface area contributed by atoms with Crippen molar-refractivity contribution in [3.63, 3.8) is 0 Å². The molecule has 0 atom stereocenters. The normalized spacial score (nSPS) is 12.3. The minimum Gasteiger partial charge on any atom is 0 e. The molecule has 0 aliphatic rings. The Kier molecular flexibility index (Phi) is 12.7. The summed E-state index contributed by atoms with van der Waals surface area (Å²) in [4.78, 5) is 14.8. The minimum atomic E-state index is -2.30. The molecule has 4 aromatic heterocycles. The van der Waals surface area contributed by atoms with Gasteiger partial charge in [-0.05, 0) is 58.4 Å². The van der Waals surface area contributed by atoms with Gasteiger partial charge in [-0.3, -0.25) is 9.97 Å². The molecular weight excluding hydrogens is 1070 g/mol. The second-order valence-electron chi connectivity index (χ2n) is 18.8. The molecule has 0 aliphatic carbocycles. The fourth-order valence-corrected chi connectivity index (χ4v) is 12.0. The molecule has 0 N–H and O–H groups in total. The molecule has 4 heterocycles. The number of pyridine rings is 2. The third kappa shape index (κ3) is 9.13. The molecule has 0 unspecified atom stereocenters. The molecule has 11 aromatic rings. The molecule has 0 bridgehead atoms. The summed E-state index contributed by atoms with van der Waals surface area (Å²) >= 11 is -2.30. The van der Waals surface area contributed by atoms with Crippen molar-refractivity contribution in [1.82, 2.24) is 19.5 Å². The van der Waals surface area contributed by atoms with Crippen LogP contribution in [-0.4, -0.2) is 32.8 Å². The van der Waals surface area contributed by atoms with Gasteiger partial charge in [-0.2, -0.15) is 0 Å². The number of furan rings is 1. The van der Waals surface area contributed by atoms with Crippen molar-refractivity contribution in [3.05, 3.63) is 211 Å². The summed E-state index contributed by atoms with van der Waals surface area (Å²) < 4.78 is 27.7. The van der Waals surface area contributed by atoms with Crippen LogP contribution in [0.2, 0.25) is 17.3 Å². The van der Waals surface area contributed by atoms with E-state index in [4.69, 9.17) is 17.1 Å². The van der Waals surface area contributed by atoms with E-state index >= 15 is 0 Å². The summed E-state index contributed by atoms with van der Waals surface area (Å²) in [7, 11) is 0. The van der Waals surface area contributed by atoms with Crippen LogP contribution < -0.4 is 4.40 Å². The predicted molar refractivity (Wildman–Crippen MR) is 282 cm³/mol. The molecule has 0 saturated carbocycles. The van der Waals surface area contributed by atoms with E-state index in [-0.39, 0.29) is 31.9 Å². The van der Waals surface area contributed by atoms with Crippen LogP contribution in [0.25, 0.3) is 83.3 Å². The Hall–Kier alpha value is -6.44. The zero-order valence-corrected chi connectivity index (χ0v) is 43.9. The van der Waals surface area contributed by atoms with Gasteiger partial charge < -0.3 is 8.98 Å². The van der Waals surface area contributed by atoms with Crippen LogP contribution in [0.5, 0.6) is 0 Å². The Balaban J connectivity index is 0.000000200. The minimum absolute atomic E-state index is 0. The van der Waals surface area contributed by atoms with Gasteiger partial charge in [-0.1, -0.05) is 105 Å². The van der Waals surface area contributed by atoms with Gasteiger partial charge in [0.15, 0.2) is 0 Å². The maximum Gasteiger partial charge on any atom is 0 e. The average Bonchev–Trinajstić information content (AvgIpc) is 3.96. The zero-order valence-electron chi connectivity index (χ0n) is 41.4. The van der Waals surface area contributed by atoms with Gasteiger partial charge in [0.25, 0.3) is 0 Å². The molecule has 7 heteroatoms. The van der Waals surface area contributed by atoms with Gasteiger partial charge in [-0.15, -0.1) is 18.2 Å². The first-order valence-electron chi connectivity index (χ1n) is 24.2. The van der Waals surface area contributed by atoms with E-state index in [1.165, 1.54) is 27.9 Å². The summed E-state index contributed by atoms with van der Waals surface area (Å²) in [5.74, 6) is 8.15. The van der Waals surface area contributed by atoms with Gasteiger partial charge in [0, 0.05) is 36.6 Å². The quantitative estimate of drug-likeness (QED) is 0.107. The van der Waals surface area contributed by atoms with Crippen LogP contribution in [0.15, 0.2) is 181 Å². The van der Waals surface area contributed by atoms with Gasteiger partial charge in [0.1, 0.15) is 5.58 Å². The molecule has 0 fully saturated rings. The summed E-state index contributed by atoms with van der Waals surface area (Å²) in [6, 6.07) is 61.8. The first-order chi connectivity index (χ1) is 33.3. The van der Waals surface area contributed by atoms with E-state index < -0.39 is 19.6 Å². The van der Waals surface area contributed by atoms with Crippen LogP contribution in [0.4, 0.5) is 0 Å². The van der Waals surface area contributed by atoms with Gasteiger partial charge in [-0.25, -0.2) is 0 Å². The van der Waals surface area contributed by atoms with Gasteiger partial charge in [0.2, 0.25) is 0 Å². The molecule has 0 saturated heterocycles. The van der Waals surface area contributed by atoms with Crippen molar-refractivity contribution in [1.29, 1.82) is 0 Å². The average molecular weight is 1130 g/mol. The molecule has 0 spiro atoms. The Morgan fingerprint density at radius 2 is 1.29 bits per heavy atom. The number of benzene rings is 7. The summed E-state index contributed by atoms with van der Waals surface area (Å²) in [5, 5.41) is 3.21. The monoisotopic (exact) mass is 1130 g/mol. The van der Waals surface area contributed by atoms with E-state index in [0.29, 0.717) is 5.56 Å². The smallest absolute Gasteiger partial charge is 0 e. The first-order valence-corrected chi connectivity index (χ1v) is 30.5. The SMILES string of the molecule is CC(C)c1cc(-c2ccccc2)cc(C(C)C)c1-n1c(-c2[c-]ccc3c2oc2ccccc23)nc2cnc3ccccc3c21.[2H]C([2H])(c1ccccc1)c1cc(-c2[c-]cccc2)nc[c]1[Ge]([CH3])([CH3])[CH3].[Ir]. The van der Waals surface area contributed by atoms with Crippen molar-refractivity contribution < 1.29 is 27.3 Å². The number of para-hydroxylation sites is 2. The number of hydrogen-bond donors (Lipinski definition) is 0. The Bertz CT molecular complexity index is 3610. The number of rotatable bonds is 9. The van der Waals surface area contributed by atoms with Crippen LogP contribution in [-0.2, 0) is 26.5 Å². The van der Waals surface area contributed by atoms with Crippen molar-refractivity contribution in [2.24, 2.45) is 0 Å². The Labute approximate surface area is 418 Å². The van der Waals surface area contributed by atoms with E-state index in [0.717, 1.165) is 76.5 Å². The van der Waals surface area contributed by atoms with E-state index in [1.807, 2.05) is 97.3 Å². The maximum atomic E-state index is 8.85. The van der Waals surface area contributed by atoms with E-state index in [1.54, 1.807) is 0 Å². The Morgan fingerprint density at radius 3 is 1.99 bits per heavy atom. The molecule has 5 nitrogen and oxygen atoms in total. The number of nitrogens with zero attached hydrogens (tertiary/aromatic N) is 4. The van der Waals surface area contributed by atoms with Crippen LogP contribution >= 0.6 is 0 Å². The van der Waals surface area contributed by atoms with E-state index in [2.05, 4.69) is 146 Å². The molecule has 0 aliphatic heterocycles. The third-order valence-corrected chi connectivity index (χ3v) is 16.7.